The summed E-state index contributed by atoms with van der Waals surface area (Å²) in [5.74, 6) is 0.623. The van der Waals surface area contributed by atoms with Crippen molar-refractivity contribution in [1.29, 1.82) is 0 Å². The Bertz CT molecular complexity index is 445. The number of rotatable bonds is 4. The van der Waals surface area contributed by atoms with Gasteiger partial charge in [-0.3, -0.25) is 0 Å². The second kappa shape index (κ2) is 4.80. The van der Waals surface area contributed by atoms with Gasteiger partial charge in [0.2, 0.25) is 0 Å². The van der Waals surface area contributed by atoms with Crippen molar-refractivity contribution in [3.63, 3.8) is 0 Å². The summed E-state index contributed by atoms with van der Waals surface area (Å²) in [5.41, 5.74) is 1.68. The molecule has 1 aliphatic carbocycles. The fraction of sp³-hybridized carbons (Fsp3) is 0.400. The zero-order valence-electron chi connectivity index (χ0n) is 10.6. The summed E-state index contributed by atoms with van der Waals surface area (Å²) in [5, 5.41) is 0. The van der Waals surface area contributed by atoms with Crippen LogP contribution in [0.3, 0.4) is 0 Å². The van der Waals surface area contributed by atoms with E-state index in [1.807, 2.05) is 36.4 Å². The van der Waals surface area contributed by atoms with Crippen LogP contribution in [0.2, 0.25) is 0 Å². The molecule has 90 valence electrons. The fourth-order valence-corrected chi connectivity index (χ4v) is 3.78. The summed E-state index contributed by atoms with van der Waals surface area (Å²) < 4.78 is 1.44. The van der Waals surface area contributed by atoms with Crippen molar-refractivity contribution in [2.24, 2.45) is 11.3 Å². The van der Waals surface area contributed by atoms with Crippen LogP contribution in [0, 0.1) is 11.3 Å². The van der Waals surface area contributed by atoms with Crippen molar-refractivity contribution in [2.45, 2.75) is 27.2 Å². The Kier molecular flexibility index (Phi) is 3.55. The second-order valence-electron chi connectivity index (χ2n) is 5.37. The van der Waals surface area contributed by atoms with Crippen LogP contribution in [0.25, 0.3) is 0 Å². The Morgan fingerprint density at radius 3 is 2.47 bits per heavy atom. The first kappa shape index (κ1) is 12.6. The molecule has 1 unspecified atom stereocenters. The van der Waals surface area contributed by atoms with E-state index in [9.17, 15) is 4.79 Å². The average Bonchev–Trinajstić information content (AvgIpc) is 2.89. The molecule has 0 amide bonds. The Morgan fingerprint density at radius 1 is 1.35 bits per heavy atom. The molecule has 0 aliphatic heterocycles. The van der Waals surface area contributed by atoms with Crippen LogP contribution < -0.4 is 4.46 Å². The van der Waals surface area contributed by atoms with E-state index in [2.05, 4.69) is 20.8 Å². The van der Waals surface area contributed by atoms with Crippen molar-refractivity contribution in [3.8, 4) is 0 Å². The molecule has 2 heteroatoms. The average molecular weight is 293 g/mol. The summed E-state index contributed by atoms with van der Waals surface area (Å²) in [4.78, 5) is 11.9. The van der Waals surface area contributed by atoms with Crippen molar-refractivity contribution >= 4 is 24.1 Å². The third-order valence-corrected chi connectivity index (χ3v) is 5.11. The van der Waals surface area contributed by atoms with Gasteiger partial charge in [-0.2, -0.15) is 0 Å². The van der Waals surface area contributed by atoms with E-state index in [-0.39, 0.29) is 19.6 Å². The van der Waals surface area contributed by atoms with Gasteiger partial charge in [0.05, 0.1) is 0 Å². The third kappa shape index (κ3) is 3.31. The molecular weight excluding hydrogens is 275 g/mol. The molecule has 0 heterocycles. The van der Waals surface area contributed by atoms with Gasteiger partial charge >= 0.3 is 109 Å². The molecule has 0 bridgehead atoms. The molecule has 1 saturated carbocycles. The molecule has 0 aromatic heterocycles. The monoisotopic (exact) mass is 294 g/mol. The van der Waals surface area contributed by atoms with Gasteiger partial charge in [-0.1, -0.05) is 0 Å². The topological polar surface area (TPSA) is 17.1 Å². The van der Waals surface area contributed by atoms with Crippen LogP contribution in [-0.4, -0.2) is 19.6 Å². The molecular formula is C15H18OSe. The molecule has 1 atom stereocenters. The first-order valence-corrected chi connectivity index (χ1v) is 7.65. The maximum atomic E-state index is 11.9. The molecule has 1 aliphatic rings. The van der Waals surface area contributed by atoms with E-state index in [4.69, 9.17) is 0 Å². The molecule has 1 aromatic carbocycles. The van der Waals surface area contributed by atoms with Gasteiger partial charge in [0.15, 0.2) is 0 Å². The van der Waals surface area contributed by atoms with Crippen LogP contribution >= 0.6 is 0 Å². The van der Waals surface area contributed by atoms with E-state index < -0.39 is 0 Å². The predicted octanol–water partition coefficient (Wildman–Crippen LogP) is 2.54. The predicted molar refractivity (Wildman–Crippen MR) is 72.5 cm³/mol. The molecule has 0 spiro atoms. The van der Waals surface area contributed by atoms with Gasteiger partial charge in [-0.05, 0) is 0 Å². The van der Waals surface area contributed by atoms with Gasteiger partial charge in [0, 0.05) is 0 Å². The number of carbonyl (C=O) groups is 1. The maximum absolute atomic E-state index is 11.9. The van der Waals surface area contributed by atoms with Gasteiger partial charge in [-0.15, -0.1) is 0 Å². The molecule has 1 nitrogen and oxygen atoms in total. The minimum absolute atomic E-state index is 0.0679. The van der Waals surface area contributed by atoms with E-state index in [0.29, 0.717) is 11.3 Å². The normalized spacial score (nSPS) is 22.3. The fourth-order valence-electron chi connectivity index (χ4n) is 2.17. The first-order chi connectivity index (χ1) is 7.99. The molecule has 0 radical (unpaired) electrons. The van der Waals surface area contributed by atoms with Crippen molar-refractivity contribution < 1.29 is 4.79 Å². The van der Waals surface area contributed by atoms with Crippen molar-refractivity contribution in [2.75, 3.05) is 0 Å². The number of allylic oxidation sites excluding steroid dienone is 2. The van der Waals surface area contributed by atoms with Crippen LogP contribution in [0.4, 0.5) is 0 Å². The Balaban J connectivity index is 1.96. The Labute approximate surface area is 109 Å². The Morgan fingerprint density at radius 2 is 1.94 bits per heavy atom. The SMILES string of the molecule is C/C(=C\C(=O)[Se]c1ccccc1)C1CC1(C)C. The number of hydrogen-bond donors (Lipinski definition) is 0. The van der Waals surface area contributed by atoms with Gasteiger partial charge in [-0.25, -0.2) is 0 Å². The number of benzene rings is 1. The summed E-state index contributed by atoms with van der Waals surface area (Å²) in [7, 11) is 0. The zero-order valence-corrected chi connectivity index (χ0v) is 12.3. The number of carbonyl (C=O) groups excluding carboxylic acids is 1. The molecule has 0 saturated heterocycles. The first-order valence-electron chi connectivity index (χ1n) is 5.94. The van der Waals surface area contributed by atoms with E-state index in [0.717, 1.165) is 4.46 Å². The standard InChI is InChI=1S/C15H18OSe/c1-11(13-10-15(13,2)3)9-14(16)17-12-7-5-4-6-8-12/h4-9,13H,10H2,1-3H3/b11-9+. The quantitative estimate of drug-likeness (QED) is 0.616. The second-order valence-corrected chi connectivity index (χ2v) is 7.63. The van der Waals surface area contributed by atoms with E-state index >= 15 is 0 Å². The minimum atomic E-state index is -0.0679. The summed E-state index contributed by atoms with van der Waals surface area (Å²) in [6, 6.07) is 10.0. The van der Waals surface area contributed by atoms with Crippen LogP contribution in [0.5, 0.6) is 0 Å². The van der Waals surface area contributed by atoms with E-state index in [1.54, 1.807) is 0 Å². The molecule has 0 N–H and O–H groups in total. The summed E-state index contributed by atoms with van der Waals surface area (Å²) >= 11 is -0.0679. The number of hydrogen-bond acceptors (Lipinski definition) is 1. The third-order valence-electron chi connectivity index (χ3n) is 3.37. The zero-order chi connectivity index (χ0) is 12.5. The molecule has 2 rings (SSSR count). The van der Waals surface area contributed by atoms with Crippen molar-refractivity contribution in [3.05, 3.63) is 42.0 Å². The molecule has 17 heavy (non-hydrogen) atoms. The molecule has 1 fully saturated rings. The summed E-state index contributed by atoms with van der Waals surface area (Å²) in [6.45, 7) is 6.63. The van der Waals surface area contributed by atoms with Gasteiger partial charge in [0.1, 0.15) is 0 Å². The van der Waals surface area contributed by atoms with Crippen LogP contribution in [0.1, 0.15) is 27.2 Å². The Hall–Kier alpha value is -0.851. The van der Waals surface area contributed by atoms with Crippen molar-refractivity contribution in [1.82, 2.24) is 0 Å². The van der Waals surface area contributed by atoms with Crippen LogP contribution in [0.15, 0.2) is 42.0 Å². The van der Waals surface area contributed by atoms with E-state index in [1.165, 1.54) is 12.0 Å². The van der Waals surface area contributed by atoms with Gasteiger partial charge < -0.3 is 0 Å². The summed E-state index contributed by atoms with van der Waals surface area (Å²) in [6.07, 6.45) is 3.09. The van der Waals surface area contributed by atoms with Crippen LogP contribution in [-0.2, 0) is 4.79 Å². The molecule has 1 aromatic rings. The van der Waals surface area contributed by atoms with Gasteiger partial charge in [0.25, 0.3) is 0 Å².